The Kier molecular flexibility index (Phi) is 4.18. The molecule has 4 N–H and O–H groups in total. The van der Waals surface area contributed by atoms with E-state index in [1.54, 1.807) is 18.2 Å². The molecule has 8 heteroatoms. The van der Waals surface area contributed by atoms with Gasteiger partial charge in [0.05, 0.1) is 10.6 Å². The summed E-state index contributed by atoms with van der Waals surface area (Å²) in [6, 6.07) is 12.8. The van der Waals surface area contributed by atoms with Crippen LogP contribution >= 0.6 is 0 Å². The Morgan fingerprint density at radius 2 is 1.82 bits per heavy atom. The van der Waals surface area contributed by atoms with Crippen LogP contribution in [0.25, 0.3) is 11.4 Å². The first-order chi connectivity index (χ1) is 13.1. The first-order valence-electron chi connectivity index (χ1n) is 8.80. The van der Waals surface area contributed by atoms with Crippen LogP contribution in [0, 0.1) is 5.82 Å². The number of sulfonamides is 1. The number of benzene rings is 2. The van der Waals surface area contributed by atoms with E-state index in [-0.39, 0.29) is 22.5 Å². The van der Waals surface area contributed by atoms with Gasteiger partial charge in [-0.25, -0.2) is 22.9 Å². The highest BCUT2D eigenvalue weighted by molar-refractivity contribution is 7.89. The highest BCUT2D eigenvalue weighted by Gasteiger charge is 2.61. The predicted molar refractivity (Wildman–Crippen MR) is 104 cm³/mol. The maximum Gasteiger partial charge on any atom is 0.238 e. The third-order valence-electron chi connectivity index (χ3n) is 5.43. The fourth-order valence-electron chi connectivity index (χ4n) is 3.97. The lowest BCUT2D eigenvalue weighted by atomic mass is 10.1. The van der Waals surface area contributed by atoms with Crippen LogP contribution in [-0.2, 0) is 17.1 Å². The topological polar surface area (TPSA) is 104 Å². The second-order valence-corrected chi connectivity index (χ2v) is 9.11. The molecule has 1 aromatic heterocycles. The third-order valence-corrected chi connectivity index (χ3v) is 6.36. The number of nitrogens with two attached hydrogens (primary N) is 2. The quantitative estimate of drug-likeness (QED) is 0.702. The third kappa shape index (κ3) is 3.13. The van der Waals surface area contributed by atoms with E-state index in [0.717, 1.165) is 11.3 Å². The molecule has 0 bridgehead atoms. The summed E-state index contributed by atoms with van der Waals surface area (Å²) in [5.41, 5.74) is 8.45. The minimum absolute atomic E-state index is 0.00251. The van der Waals surface area contributed by atoms with Crippen molar-refractivity contribution in [2.45, 2.75) is 29.2 Å². The van der Waals surface area contributed by atoms with Gasteiger partial charge < -0.3 is 10.3 Å². The second kappa shape index (κ2) is 6.23. The van der Waals surface area contributed by atoms with E-state index in [9.17, 15) is 12.8 Å². The highest BCUT2D eigenvalue weighted by atomic mass is 32.2. The minimum atomic E-state index is -3.73. The number of primary sulfonamides is 1. The summed E-state index contributed by atoms with van der Waals surface area (Å²) in [7, 11) is -1.87. The van der Waals surface area contributed by atoms with Crippen molar-refractivity contribution in [2.24, 2.45) is 17.9 Å². The molecule has 1 heterocycles. The van der Waals surface area contributed by atoms with Gasteiger partial charge in [-0.05, 0) is 36.8 Å². The van der Waals surface area contributed by atoms with E-state index in [0.29, 0.717) is 11.4 Å². The van der Waals surface area contributed by atoms with Crippen LogP contribution in [0.1, 0.15) is 30.0 Å². The Labute approximate surface area is 163 Å². The summed E-state index contributed by atoms with van der Waals surface area (Å²) in [4.78, 5) is 4.78. The summed E-state index contributed by atoms with van der Waals surface area (Å²) in [5.74, 6) is 0.323. The average Bonchev–Trinajstić information content (AvgIpc) is 2.99. The molecule has 1 unspecified atom stereocenters. The van der Waals surface area contributed by atoms with Crippen LogP contribution in [0.2, 0.25) is 0 Å². The van der Waals surface area contributed by atoms with Gasteiger partial charge in [0.25, 0.3) is 0 Å². The smallest absolute Gasteiger partial charge is 0.238 e. The normalized spacial score (nSPS) is 24.3. The van der Waals surface area contributed by atoms with Crippen molar-refractivity contribution in [2.75, 3.05) is 0 Å². The second-order valence-electron chi connectivity index (χ2n) is 7.55. The van der Waals surface area contributed by atoms with Crippen molar-refractivity contribution >= 4 is 10.0 Å². The molecule has 1 saturated carbocycles. The zero-order valence-electron chi connectivity index (χ0n) is 15.5. The monoisotopic (exact) mass is 400 g/mol. The molecule has 2 aromatic carbocycles. The fourth-order valence-corrected chi connectivity index (χ4v) is 4.49. The Bertz CT molecular complexity index is 1150. The van der Waals surface area contributed by atoms with E-state index in [1.165, 1.54) is 24.3 Å². The molecule has 146 valence electrons. The molecule has 0 aliphatic heterocycles. The van der Waals surface area contributed by atoms with E-state index in [1.807, 2.05) is 30.8 Å². The lowest BCUT2D eigenvalue weighted by Crippen LogP contribution is -2.21. The van der Waals surface area contributed by atoms with Crippen LogP contribution in [0.15, 0.2) is 59.6 Å². The molecular weight excluding hydrogens is 379 g/mol. The first-order valence-corrected chi connectivity index (χ1v) is 10.3. The van der Waals surface area contributed by atoms with Gasteiger partial charge in [0, 0.05) is 36.2 Å². The van der Waals surface area contributed by atoms with Gasteiger partial charge in [0.15, 0.2) is 0 Å². The average molecular weight is 400 g/mol. The number of rotatable bonds is 4. The molecule has 1 fully saturated rings. The van der Waals surface area contributed by atoms with Crippen molar-refractivity contribution in [3.63, 3.8) is 0 Å². The SMILES string of the molecule is Cn1cc([C@H]2[C@H](c3ccc(S(N)(=O)=O)cc3)C2(C)N)nc1-c1cccc(F)c1. The van der Waals surface area contributed by atoms with Gasteiger partial charge in [-0.15, -0.1) is 0 Å². The number of imidazole rings is 1. The van der Waals surface area contributed by atoms with Gasteiger partial charge in [0.1, 0.15) is 11.6 Å². The molecule has 3 aromatic rings. The van der Waals surface area contributed by atoms with E-state index >= 15 is 0 Å². The Balaban J connectivity index is 1.66. The Morgan fingerprint density at radius 1 is 1.14 bits per heavy atom. The van der Waals surface area contributed by atoms with Gasteiger partial charge in [-0.1, -0.05) is 24.3 Å². The van der Waals surface area contributed by atoms with Crippen LogP contribution < -0.4 is 10.9 Å². The summed E-state index contributed by atoms with van der Waals surface area (Å²) >= 11 is 0. The maximum atomic E-state index is 13.6. The fraction of sp³-hybridized carbons (Fsp3) is 0.250. The first kappa shape index (κ1) is 18.8. The summed E-state index contributed by atoms with van der Waals surface area (Å²) in [6.07, 6.45) is 1.91. The lowest BCUT2D eigenvalue weighted by Gasteiger charge is -2.04. The van der Waals surface area contributed by atoms with E-state index in [4.69, 9.17) is 15.9 Å². The molecule has 0 radical (unpaired) electrons. The number of hydrogen-bond donors (Lipinski definition) is 2. The van der Waals surface area contributed by atoms with Gasteiger partial charge in [-0.3, -0.25) is 0 Å². The van der Waals surface area contributed by atoms with Crippen molar-refractivity contribution < 1.29 is 12.8 Å². The van der Waals surface area contributed by atoms with Crippen LogP contribution in [-0.4, -0.2) is 23.5 Å². The number of nitrogens with zero attached hydrogens (tertiary/aromatic N) is 2. The van der Waals surface area contributed by atoms with Crippen molar-refractivity contribution in [1.82, 2.24) is 9.55 Å². The number of halogens is 1. The lowest BCUT2D eigenvalue weighted by molar-refractivity contribution is 0.597. The zero-order valence-corrected chi connectivity index (χ0v) is 16.3. The predicted octanol–water partition coefficient (Wildman–Crippen LogP) is 2.47. The molecule has 0 amide bonds. The summed E-state index contributed by atoms with van der Waals surface area (Å²) < 4.78 is 38.3. The molecule has 6 nitrogen and oxygen atoms in total. The molecule has 4 rings (SSSR count). The van der Waals surface area contributed by atoms with Gasteiger partial charge in [-0.2, -0.15) is 0 Å². The number of aromatic nitrogens is 2. The molecule has 3 atom stereocenters. The summed E-state index contributed by atoms with van der Waals surface area (Å²) in [6.45, 7) is 1.95. The van der Waals surface area contributed by atoms with Gasteiger partial charge in [0.2, 0.25) is 10.0 Å². The van der Waals surface area contributed by atoms with Crippen LogP contribution in [0.4, 0.5) is 4.39 Å². The minimum Gasteiger partial charge on any atom is -0.334 e. The Morgan fingerprint density at radius 3 is 2.43 bits per heavy atom. The molecule has 0 spiro atoms. The maximum absolute atomic E-state index is 13.6. The van der Waals surface area contributed by atoms with Gasteiger partial charge >= 0.3 is 0 Å². The summed E-state index contributed by atoms with van der Waals surface area (Å²) in [5, 5.41) is 5.16. The van der Waals surface area contributed by atoms with Crippen molar-refractivity contribution in [3.8, 4) is 11.4 Å². The zero-order chi connectivity index (χ0) is 20.3. The largest absolute Gasteiger partial charge is 0.334 e. The van der Waals surface area contributed by atoms with E-state index < -0.39 is 15.6 Å². The van der Waals surface area contributed by atoms with Crippen LogP contribution in [0.5, 0.6) is 0 Å². The molecule has 1 aliphatic rings. The number of hydrogen-bond acceptors (Lipinski definition) is 4. The molecule has 0 saturated heterocycles. The van der Waals surface area contributed by atoms with Crippen molar-refractivity contribution in [1.29, 1.82) is 0 Å². The van der Waals surface area contributed by atoms with Crippen LogP contribution in [0.3, 0.4) is 0 Å². The van der Waals surface area contributed by atoms with Crippen molar-refractivity contribution in [3.05, 3.63) is 71.8 Å². The highest BCUT2D eigenvalue weighted by Crippen LogP contribution is 2.61. The molecule has 28 heavy (non-hydrogen) atoms. The Hall–Kier alpha value is -2.55. The standard InChI is InChI=1S/C20H21FN4O2S/c1-20(22)17(12-6-8-15(9-7-12)28(23,26)27)18(20)16-11-25(2)19(24-16)13-4-3-5-14(21)10-13/h3-11,17-18H,22H2,1-2H3,(H2,23,26,27)/t17-,18-,20?/m0/s1. The van der Waals surface area contributed by atoms with E-state index in [2.05, 4.69) is 0 Å². The molecule has 1 aliphatic carbocycles. The number of aryl methyl sites for hydroxylation is 1. The molecular formula is C20H21FN4O2S.